The molecule has 98 valence electrons. The number of rotatable bonds is 7. The third-order valence-electron chi connectivity index (χ3n) is 1.57. The molecule has 0 aliphatic heterocycles. The van der Waals surface area contributed by atoms with Crippen molar-refractivity contribution in [3.05, 3.63) is 30.3 Å². The van der Waals surface area contributed by atoms with E-state index in [0.29, 0.717) is 19.8 Å². The van der Waals surface area contributed by atoms with Gasteiger partial charge in [-0.05, 0) is 12.1 Å². The maximum absolute atomic E-state index is 8.40. The molecule has 0 bridgehead atoms. The first-order valence-corrected chi connectivity index (χ1v) is 5.43. The molecule has 0 saturated carbocycles. The van der Waals surface area contributed by atoms with Crippen molar-refractivity contribution in [3.63, 3.8) is 0 Å². The first-order chi connectivity index (χ1) is 8.35. The first-order valence-electron chi connectivity index (χ1n) is 5.43. The van der Waals surface area contributed by atoms with Crippen molar-refractivity contribution in [1.29, 1.82) is 0 Å². The van der Waals surface area contributed by atoms with Gasteiger partial charge in [0, 0.05) is 0 Å². The van der Waals surface area contributed by atoms with Gasteiger partial charge < -0.3 is 24.8 Å². The highest BCUT2D eigenvalue weighted by atomic mass is 16.5. The summed E-state index contributed by atoms with van der Waals surface area (Å²) in [5, 5.41) is 24.6. The predicted octanol–water partition coefficient (Wildman–Crippen LogP) is 0.0453. The average Bonchev–Trinajstić information content (AvgIpc) is 2.39. The van der Waals surface area contributed by atoms with Crippen LogP contribution in [0.15, 0.2) is 30.3 Å². The van der Waals surface area contributed by atoms with Crippen molar-refractivity contribution in [2.24, 2.45) is 0 Å². The van der Waals surface area contributed by atoms with Gasteiger partial charge >= 0.3 is 0 Å². The van der Waals surface area contributed by atoms with Crippen LogP contribution in [0.25, 0.3) is 0 Å². The van der Waals surface area contributed by atoms with Crippen molar-refractivity contribution >= 4 is 0 Å². The summed E-state index contributed by atoms with van der Waals surface area (Å²) in [6.07, 6.45) is 0. The molecule has 0 atom stereocenters. The number of hydrogen-bond donors (Lipinski definition) is 3. The summed E-state index contributed by atoms with van der Waals surface area (Å²) in [6.45, 7) is 1.13. The summed E-state index contributed by atoms with van der Waals surface area (Å²) in [5.74, 6) is 0.802. The van der Waals surface area contributed by atoms with Gasteiger partial charge in [0.2, 0.25) is 0 Å². The predicted molar refractivity (Wildman–Crippen MR) is 64.0 cm³/mol. The lowest BCUT2D eigenvalue weighted by Crippen LogP contribution is -2.03. The number of ether oxygens (including phenoxy) is 2. The average molecular weight is 244 g/mol. The Labute approximate surface area is 101 Å². The van der Waals surface area contributed by atoms with Gasteiger partial charge in [0.15, 0.2) is 0 Å². The number of benzene rings is 1. The highest BCUT2D eigenvalue weighted by Gasteiger charge is 1.87. The van der Waals surface area contributed by atoms with Crippen LogP contribution in [0.4, 0.5) is 0 Å². The minimum absolute atomic E-state index is 0.0278. The molecule has 0 radical (unpaired) electrons. The molecular weight excluding hydrogens is 224 g/mol. The molecule has 5 heteroatoms. The van der Waals surface area contributed by atoms with Crippen LogP contribution in [0.3, 0.4) is 0 Å². The molecule has 1 aromatic carbocycles. The molecule has 0 aliphatic carbocycles. The molecule has 0 unspecified atom stereocenters. The Balaban J connectivity index is 0.000000325. The van der Waals surface area contributed by atoms with E-state index < -0.39 is 0 Å². The zero-order chi connectivity index (χ0) is 12.8. The maximum Gasteiger partial charge on any atom is 0.119 e. The van der Waals surface area contributed by atoms with Crippen LogP contribution < -0.4 is 4.74 Å². The number of hydrogen-bond acceptors (Lipinski definition) is 5. The molecule has 0 fully saturated rings. The molecule has 0 aliphatic rings. The minimum atomic E-state index is 0.0278. The van der Waals surface area contributed by atoms with Crippen molar-refractivity contribution in [2.75, 3.05) is 39.6 Å². The summed E-state index contributed by atoms with van der Waals surface area (Å²) < 4.78 is 9.74. The maximum atomic E-state index is 8.40. The van der Waals surface area contributed by atoms with Gasteiger partial charge in [-0.1, -0.05) is 18.2 Å². The summed E-state index contributed by atoms with van der Waals surface area (Å²) in [6, 6.07) is 9.43. The Hall–Kier alpha value is -1.14. The molecule has 17 heavy (non-hydrogen) atoms. The normalized spacial score (nSPS) is 9.35. The van der Waals surface area contributed by atoms with Gasteiger partial charge in [-0.15, -0.1) is 0 Å². The molecule has 1 aromatic rings. The quantitative estimate of drug-likeness (QED) is 0.590. The van der Waals surface area contributed by atoms with Crippen molar-refractivity contribution in [2.45, 2.75) is 0 Å². The molecule has 1 rings (SSSR count). The Morgan fingerprint density at radius 1 is 0.765 bits per heavy atom. The van der Waals surface area contributed by atoms with Gasteiger partial charge in [-0.25, -0.2) is 0 Å². The second kappa shape index (κ2) is 12.9. The molecule has 0 spiro atoms. The van der Waals surface area contributed by atoms with E-state index in [1.807, 2.05) is 30.3 Å². The first kappa shape index (κ1) is 15.9. The number of aliphatic hydroxyl groups is 3. The molecule has 0 heterocycles. The molecular formula is C12H20O5. The highest BCUT2D eigenvalue weighted by molar-refractivity contribution is 5.20. The van der Waals surface area contributed by atoms with Crippen LogP contribution in [0, 0.1) is 0 Å². The highest BCUT2D eigenvalue weighted by Crippen LogP contribution is 2.06. The lowest BCUT2D eigenvalue weighted by molar-refractivity contribution is 0.0650. The fourth-order valence-electron chi connectivity index (χ4n) is 0.911. The van der Waals surface area contributed by atoms with E-state index in [-0.39, 0.29) is 19.8 Å². The van der Waals surface area contributed by atoms with E-state index in [9.17, 15) is 0 Å². The second-order valence-electron chi connectivity index (χ2n) is 2.94. The monoisotopic (exact) mass is 244 g/mol. The standard InChI is InChI=1S/C8H10O2.C4H10O3/c9-6-7-10-8-4-2-1-3-5-8;5-1-3-7-4-2-6/h1-5,9H,6-7H2;5-6H,1-4H2. The van der Waals surface area contributed by atoms with Crippen LogP contribution in [0.5, 0.6) is 5.75 Å². The van der Waals surface area contributed by atoms with E-state index >= 15 is 0 Å². The van der Waals surface area contributed by atoms with E-state index in [4.69, 9.17) is 20.1 Å². The van der Waals surface area contributed by atoms with Gasteiger partial charge in [0.25, 0.3) is 0 Å². The summed E-state index contributed by atoms with van der Waals surface area (Å²) >= 11 is 0. The van der Waals surface area contributed by atoms with Crippen LogP contribution in [-0.4, -0.2) is 55.0 Å². The van der Waals surface area contributed by atoms with Crippen molar-refractivity contribution < 1.29 is 24.8 Å². The fraction of sp³-hybridized carbons (Fsp3) is 0.500. The number of para-hydroxylation sites is 1. The van der Waals surface area contributed by atoms with E-state index in [0.717, 1.165) is 5.75 Å². The van der Waals surface area contributed by atoms with Crippen LogP contribution in [0.1, 0.15) is 0 Å². The Morgan fingerprint density at radius 3 is 1.76 bits per heavy atom. The van der Waals surface area contributed by atoms with Crippen LogP contribution >= 0.6 is 0 Å². The van der Waals surface area contributed by atoms with E-state index in [2.05, 4.69) is 4.74 Å². The second-order valence-corrected chi connectivity index (χ2v) is 2.94. The fourth-order valence-corrected chi connectivity index (χ4v) is 0.911. The topological polar surface area (TPSA) is 79.2 Å². The summed E-state index contributed by atoms with van der Waals surface area (Å²) in [5.41, 5.74) is 0. The van der Waals surface area contributed by atoms with E-state index in [1.54, 1.807) is 0 Å². The van der Waals surface area contributed by atoms with Crippen molar-refractivity contribution in [3.8, 4) is 5.75 Å². The van der Waals surface area contributed by atoms with Gasteiger partial charge in [-0.3, -0.25) is 0 Å². The Morgan fingerprint density at radius 2 is 1.29 bits per heavy atom. The molecule has 0 saturated heterocycles. The smallest absolute Gasteiger partial charge is 0.119 e. The lowest BCUT2D eigenvalue weighted by atomic mass is 10.3. The lowest BCUT2D eigenvalue weighted by Gasteiger charge is -2.01. The third kappa shape index (κ3) is 11.1. The van der Waals surface area contributed by atoms with Crippen LogP contribution in [-0.2, 0) is 4.74 Å². The summed E-state index contributed by atoms with van der Waals surface area (Å²) in [4.78, 5) is 0. The number of aliphatic hydroxyl groups excluding tert-OH is 3. The minimum Gasteiger partial charge on any atom is -0.491 e. The van der Waals surface area contributed by atoms with Crippen molar-refractivity contribution in [1.82, 2.24) is 0 Å². The zero-order valence-electron chi connectivity index (χ0n) is 9.79. The van der Waals surface area contributed by atoms with E-state index in [1.165, 1.54) is 0 Å². The molecule has 0 aromatic heterocycles. The van der Waals surface area contributed by atoms with Gasteiger partial charge in [0.1, 0.15) is 12.4 Å². The molecule has 0 amide bonds. The summed E-state index contributed by atoms with van der Waals surface area (Å²) in [7, 11) is 0. The van der Waals surface area contributed by atoms with Gasteiger partial charge in [-0.2, -0.15) is 0 Å². The Bertz CT molecular complexity index is 236. The largest absolute Gasteiger partial charge is 0.491 e. The Kier molecular flexibility index (Phi) is 12.1. The zero-order valence-corrected chi connectivity index (χ0v) is 9.79. The molecule has 3 N–H and O–H groups in total. The molecule has 5 nitrogen and oxygen atoms in total. The third-order valence-corrected chi connectivity index (χ3v) is 1.57. The van der Waals surface area contributed by atoms with Gasteiger partial charge in [0.05, 0.1) is 33.0 Å². The van der Waals surface area contributed by atoms with Crippen LogP contribution in [0.2, 0.25) is 0 Å². The SMILES string of the molecule is OCCOCCO.OCCOc1ccccc1.